The van der Waals surface area contributed by atoms with Crippen molar-refractivity contribution in [2.24, 2.45) is 0 Å². The van der Waals surface area contributed by atoms with Gasteiger partial charge in [0.15, 0.2) is 0 Å². The molecule has 0 aliphatic heterocycles. The molecular weight excluding hydrogens is 745 g/mol. The van der Waals surface area contributed by atoms with E-state index in [1.54, 1.807) is 0 Å². The molecule has 0 aromatic heterocycles. The lowest BCUT2D eigenvalue weighted by Gasteiger charge is -2.21. The van der Waals surface area contributed by atoms with Crippen LogP contribution in [0.1, 0.15) is 219 Å². The molecule has 60 heavy (non-hydrogen) atoms. The Morgan fingerprint density at radius 2 is 0.633 bits per heavy atom. The van der Waals surface area contributed by atoms with E-state index in [2.05, 4.69) is 50.5 Å². The summed E-state index contributed by atoms with van der Waals surface area (Å²) in [6, 6.07) is 16.0. The summed E-state index contributed by atoms with van der Waals surface area (Å²) >= 11 is 0. The van der Waals surface area contributed by atoms with Crippen molar-refractivity contribution in [3.8, 4) is 35.1 Å². The van der Waals surface area contributed by atoms with Gasteiger partial charge in [0.25, 0.3) is 0 Å². The molecule has 2 N–H and O–H groups in total. The molecule has 0 fully saturated rings. The van der Waals surface area contributed by atoms with Crippen molar-refractivity contribution in [3.05, 3.63) is 58.9 Å². The number of rotatable bonds is 38. The fourth-order valence-corrected chi connectivity index (χ4v) is 7.23. The molecule has 0 heterocycles. The minimum Gasteiger partial charge on any atom is -0.493 e. The van der Waals surface area contributed by atoms with Crippen molar-refractivity contribution in [1.29, 1.82) is 10.5 Å². The molecule has 8 nitrogen and oxygen atoms in total. The van der Waals surface area contributed by atoms with E-state index in [0.717, 1.165) is 85.5 Å². The highest BCUT2D eigenvalue weighted by molar-refractivity contribution is 5.43. The molecule has 0 amide bonds. The zero-order valence-electron chi connectivity index (χ0n) is 38.9. The number of unbranched alkanes of at least 4 members (excludes halogenated alkanes) is 20. The summed E-state index contributed by atoms with van der Waals surface area (Å²) in [7, 11) is 0. The highest BCUT2D eigenvalue weighted by Crippen LogP contribution is 2.30. The van der Waals surface area contributed by atoms with Gasteiger partial charge in [0.05, 0.1) is 26.4 Å². The van der Waals surface area contributed by atoms with E-state index in [0.29, 0.717) is 26.4 Å². The summed E-state index contributed by atoms with van der Waals surface area (Å²) in [5.74, 6) is 3.04. The van der Waals surface area contributed by atoms with Crippen LogP contribution >= 0.6 is 0 Å². The fourth-order valence-electron chi connectivity index (χ4n) is 7.23. The molecule has 2 rings (SSSR count). The molecule has 0 saturated carbocycles. The van der Waals surface area contributed by atoms with Crippen LogP contribution in [0.4, 0.5) is 0 Å². The van der Waals surface area contributed by atoms with Crippen LogP contribution in [-0.4, -0.2) is 26.4 Å². The number of nitriles is 2. The molecule has 2 atom stereocenters. The first kappa shape index (κ1) is 52.1. The number of nitrogens with one attached hydrogen (secondary N) is 2. The van der Waals surface area contributed by atoms with E-state index in [1.165, 1.54) is 103 Å². The summed E-state index contributed by atoms with van der Waals surface area (Å²) in [4.78, 5) is 0. The second-order valence-electron chi connectivity index (χ2n) is 16.6. The molecule has 0 spiro atoms. The first-order chi connectivity index (χ1) is 29.4. The van der Waals surface area contributed by atoms with E-state index >= 15 is 0 Å². The topological polar surface area (TPSA) is 109 Å². The molecule has 0 saturated heterocycles. The minimum atomic E-state index is -0.297. The first-order valence-electron chi connectivity index (χ1n) is 24.3. The Balaban J connectivity index is 2.22. The van der Waals surface area contributed by atoms with Crippen molar-refractivity contribution in [3.63, 3.8) is 0 Å². The van der Waals surface area contributed by atoms with Crippen LogP contribution in [0.5, 0.6) is 23.0 Å². The third kappa shape index (κ3) is 23.7. The fraction of sp³-hybridized carbons (Fsp3) is 0.692. The van der Waals surface area contributed by atoms with Crippen molar-refractivity contribution in [2.75, 3.05) is 26.4 Å². The zero-order chi connectivity index (χ0) is 43.5. The number of nitrogens with zero attached hydrogens (tertiary/aromatic N) is 2. The Hall–Kier alpha value is -4.04. The molecule has 2 aromatic carbocycles. The summed E-state index contributed by atoms with van der Waals surface area (Å²) in [6.07, 6.45) is 28.7. The highest BCUT2D eigenvalue weighted by atomic mass is 16.5. The lowest BCUT2D eigenvalue weighted by Crippen LogP contribution is -2.25. The predicted octanol–water partition coefficient (Wildman–Crippen LogP) is 14.9. The smallest absolute Gasteiger partial charge is 0.148 e. The highest BCUT2D eigenvalue weighted by Gasteiger charge is 2.18. The summed E-state index contributed by atoms with van der Waals surface area (Å²) in [6.45, 7) is 15.5. The number of hydrogen-bond acceptors (Lipinski definition) is 8. The molecule has 0 bridgehead atoms. The van der Waals surface area contributed by atoms with Gasteiger partial charge in [-0.2, -0.15) is 10.5 Å². The van der Waals surface area contributed by atoms with Crippen molar-refractivity contribution in [1.82, 2.24) is 10.6 Å². The molecule has 336 valence electrons. The van der Waals surface area contributed by atoms with Gasteiger partial charge >= 0.3 is 0 Å². The molecule has 2 unspecified atom stereocenters. The van der Waals surface area contributed by atoms with Gasteiger partial charge < -0.3 is 29.6 Å². The Morgan fingerprint density at radius 1 is 0.400 bits per heavy atom. The van der Waals surface area contributed by atoms with E-state index in [9.17, 15) is 10.5 Å². The minimum absolute atomic E-state index is 0.180. The van der Waals surface area contributed by atoms with Crippen LogP contribution in [0.3, 0.4) is 0 Å². The number of benzene rings is 2. The Morgan fingerprint density at radius 3 is 0.867 bits per heavy atom. The van der Waals surface area contributed by atoms with Crippen LogP contribution in [0, 0.1) is 22.7 Å². The second kappa shape index (κ2) is 34.6. The predicted molar refractivity (Wildman–Crippen MR) is 250 cm³/mol. The van der Waals surface area contributed by atoms with Gasteiger partial charge in [0.1, 0.15) is 46.5 Å². The van der Waals surface area contributed by atoms with Crippen molar-refractivity contribution >= 4 is 0 Å². The maximum absolute atomic E-state index is 10.4. The molecular formula is C52H84N4O4. The van der Waals surface area contributed by atoms with Crippen LogP contribution in [0.25, 0.3) is 0 Å². The van der Waals surface area contributed by atoms with Gasteiger partial charge in [-0.25, -0.2) is 0 Å². The largest absolute Gasteiger partial charge is 0.493 e. The van der Waals surface area contributed by atoms with Crippen LogP contribution in [-0.2, 0) is 0 Å². The van der Waals surface area contributed by atoms with Crippen molar-refractivity contribution in [2.45, 2.75) is 208 Å². The Bertz CT molecular complexity index is 1330. The first-order valence-corrected chi connectivity index (χ1v) is 24.3. The number of ether oxygens (including phenoxy) is 4. The third-order valence-electron chi connectivity index (χ3n) is 11.1. The maximum atomic E-state index is 10.4. The van der Waals surface area contributed by atoms with Crippen LogP contribution in [0.2, 0.25) is 0 Å². The number of hydrogen-bond donors (Lipinski definition) is 2. The van der Waals surface area contributed by atoms with E-state index < -0.39 is 0 Å². The van der Waals surface area contributed by atoms with E-state index in [1.807, 2.05) is 50.2 Å². The van der Waals surface area contributed by atoms with Gasteiger partial charge in [0.2, 0.25) is 0 Å². The van der Waals surface area contributed by atoms with Gasteiger partial charge in [-0.05, 0) is 74.9 Å². The van der Waals surface area contributed by atoms with Crippen LogP contribution in [0.15, 0.2) is 47.8 Å². The normalized spacial score (nSPS) is 12.5. The van der Waals surface area contributed by atoms with Gasteiger partial charge in [-0.1, -0.05) is 156 Å². The third-order valence-corrected chi connectivity index (χ3v) is 11.1. The Labute approximate surface area is 367 Å². The van der Waals surface area contributed by atoms with E-state index in [4.69, 9.17) is 18.9 Å². The zero-order valence-corrected chi connectivity index (χ0v) is 38.9. The monoisotopic (exact) mass is 829 g/mol. The molecule has 0 aliphatic carbocycles. The van der Waals surface area contributed by atoms with Gasteiger partial charge in [0, 0.05) is 24.2 Å². The van der Waals surface area contributed by atoms with Gasteiger partial charge in [-0.3, -0.25) is 0 Å². The lowest BCUT2D eigenvalue weighted by molar-refractivity contribution is 0.288. The summed E-state index contributed by atoms with van der Waals surface area (Å²) < 4.78 is 25.1. The average molecular weight is 829 g/mol. The summed E-state index contributed by atoms with van der Waals surface area (Å²) in [5, 5.41) is 27.4. The average Bonchev–Trinajstić information content (AvgIpc) is 3.26. The molecule has 2 aromatic rings. The second-order valence-corrected chi connectivity index (χ2v) is 16.6. The standard InChI is InChI=1S/C52H84N4O4/c1-7-11-15-19-23-27-31-57-47-35-45(36-48(39-47)58-32-28-24-20-16-12-8-2)43(5)55-51(41-53)52(42-54)56-44(6)46-37-49(59-33-29-25-21-17-13-9-3)40-50(38-46)60-34-30-26-22-18-14-10-4/h35-40,43-44,55-56H,7-34H2,1-6H3/b52-51-. The van der Waals surface area contributed by atoms with E-state index in [-0.39, 0.29) is 23.5 Å². The SMILES string of the molecule is CCCCCCCCOc1cc(OCCCCCCCC)cc(C(C)N/C(C#N)=C(/C#N)NC(C)c2cc(OCCCCCCCC)cc(OCCCCCCCC)c2)c1. The molecule has 0 radical (unpaired) electrons. The van der Waals surface area contributed by atoms with Crippen molar-refractivity contribution < 1.29 is 18.9 Å². The van der Waals surface area contributed by atoms with Gasteiger partial charge in [-0.15, -0.1) is 0 Å². The quantitative estimate of drug-likeness (QED) is 0.0509. The summed E-state index contributed by atoms with van der Waals surface area (Å²) in [5.41, 5.74) is 2.21. The van der Waals surface area contributed by atoms with Crippen LogP contribution < -0.4 is 29.6 Å². The number of allylic oxidation sites excluding steroid dienone is 2. The maximum Gasteiger partial charge on any atom is 0.148 e. The molecule has 0 aliphatic rings. The lowest BCUT2D eigenvalue weighted by atomic mass is 10.1. The Kier molecular flexibility index (Phi) is 30.1. The molecule has 8 heteroatoms.